The molecule has 0 radical (unpaired) electrons. The number of carbonyl (C=O) groups excluding carboxylic acids is 1. The monoisotopic (exact) mass is 353 g/mol. The summed E-state index contributed by atoms with van der Waals surface area (Å²) in [5.41, 5.74) is 1.43. The molecule has 26 heavy (non-hydrogen) atoms. The largest absolute Gasteiger partial charge is 0.468 e. The van der Waals surface area contributed by atoms with Crippen molar-refractivity contribution in [2.45, 2.75) is 19.2 Å². The molecule has 1 aliphatic heterocycles. The van der Waals surface area contributed by atoms with E-state index in [-0.39, 0.29) is 11.8 Å². The van der Waals surface area contributed by atoms with Crippen molar-refractivity contribution in [2.75, 3.05) is 6.54 Å². The van der Waals surface area contributed by atoms with Crippen LogP contribution in [0.2, 0.25) is 0 Å². The van der Waals surface area contributed by atoms with Gasteiger partial charge in [-0.3, -0.25) is 4.79 Å². The maximum absolute atomic E-state index is 13.9. The number of pyridine rings is 1. The van der Waals surface area contributed by atoms with E-state index >= 15 is 0 Å². The Labute approximate surface area is 149 Å². The molecule has 1 aliphatic rings. The number of aromatic nitrogens is 4. The van der Waals surface area contributed by atoms with Crippen molar-refractivity contribution in [3.8, 4) is 5.88 Å². The average Bonchev–Trinajstić information content (AvgIpc) is 3.02. The predicted octanol–water partition coefficient (Wildman–Crippen LogP) is 1.92. The number of carbonyl (C=O) groups is 1. The lowest BCUT2D eigenvalue weighted by molar-refractivity contribution is 0.0640. The zero-order valence-electron chi connectivity index (χ0n) is 13.8. The number of hydrogen-bond donors (Lipinski definition) is 0. The second-order valence-electron chi connectivity index (χ2n) is 6.00. The van der Waals surface area contributed by atoms with Crippen molar-refractivity contribution >= 4 is 5.91 Å². The summed E-state index contributed by atoms with van der Waals surface area (Å²) >= 11 is 0. The fourth-order valence-corrected chi connectivity index (χ4v) is 3.00. The second-order valence-corrected chi connectivity index (χ2v) is 6.00. The Balaban J connectivity index is 1.61. The quantitative estimate of drug-likeness (QED) is 0.719. The Morgan fingerprint density at radius 2 is 2.08 bits per heavy atom. The number of hydrogen-bond acceptors (Lipinski definition) is 5. The molecule has 3 aromatic rings. The minimum absolute atomic E-state index is 0.0638. The summed E-state index contributed by atoms with van der Waals surface area (Å²) in [7, 11) is 0. The van der Waals surface area contributed by atoms with Gasteiger partial charge in [0.2, 0.25) is 0 Å². The lowest BCUT2D eigenvalue weighted by atomic mass is 10.2. The van der Waals surface area contributed by atoms with Crippen molar-refractivity contribution in [3.63, 3.8) is 0 Å². The van der Waals surface area contributed by atoms with Gasteiger partial charge in [-0.2, -0.15) is 10.2 Å². The van der Waals surface area contributed by atoms with Gasteiger partial charge in [-0.05, 0) is 30.3 Å². The average molecular weight is 353 g/mol. The minimum Gasteiger partial charge on any atom is -0.468 e. The van der Waals surface area contributed by atoms with Crippen LogP contribution < -0.4 is 4.74 Å². The minimum atomic E-state index is -0.527. The van der Waals surface area contributed by atoms with E-state index in [1.54, 1.807) is 11.0 Å². The van der Waals surface area contributed by atoms with Gasteiger partial charge in [-0.25, -0.2) is 9.37 Å². The van der Waals surface area contributed by atoms with Gasteiger partial charge in [0, 0.05) is 18.1 Å². The van der Waals surface area contributed by atoms with E-state index in [2.05, 4.69) is 15.2 Å². The standard InChI is InChI=1S/C18H16FN5O2/c19-16-4-1-6-20-17(16)26-15-11-23-8-2-3-14(23)10-24(12-15)18(25)13-5-7-21-22-9-13/h1-9,15H,10-12H2. The SMILES string of the molecule is O=C(c1ccnnc1)N1Cc2cccn2CC(Oc2ncccc2F)C1. The van der Waals surface area contributed by atoms with Gasteiger partial charge in [0.1, 0.15) is 6.10 Å². The fourth-order valence-electron chi connectivity index (χ4n) is 3.00. The van der Waals surface area contributed by atoms with E-state index < -0.39 is 11.9 Å². The van der Waals surface area contributed by atoms with Gasteiger partial charge < -0.3 is 14.2 Å². The fraction of sp³-hybridized carbons (Fsp3) is 0.222. The van der Waals surface area contributed by atoms with E-state index in [1.807, 2.05) is 22.9 Å². The van der Waals surface area contributed by atoms with Gasteiger partial charge in [0.15, 0.2) is 5.82 Å². The molecule has 3 aromatic heterocycles. The van der Waals surface area contributed by atoms with Crippen molar-refractivity contribution in [1.82, 2.24) is 24.6 Å². The van der Waals surface area contributed by atoms with Crippen molar-refractivity contribution in [2.24, 2.45) is 0 Å². The second kappa shape index (κ2) is 6.91. The Bertz CT molecular complexity index is 915. The van der Waals surface area contributed by atoms with Crippen LogP contribution in [0.4, 0.5) is 4.39 Å². The summed E-state index contributed by atoms with van der Waals surface area (Å²) in [6, 6.07) is 8.29. The highest BCUT2D eigenvalue weighted by atomic mass is 19.1. The molecule has 0 saturated heterocycles. The lowest BCUT2D eigenvalue weighted by Gasteiger charge is -2.24. The number of halogens is 1. The molecule has 0 aliphatic carbocycles. The zero-order valence-corrected chi connectivity index (χ0v) is 13.8. The first-order valence-electron chi connectivity index (χ1n) is 8.18. The molecular weight excluding hydrogens is 337 g/mol. The number of nitrogens with zero attached hydrogens (tertiary/aromatic N) is 5. The van der Waals surface area contributed by atoms with E-state index in [9.17, 15) is 9.18 Å². The molecule has 0 bridgehead atoms. The number of amides is 1. The maximum atomic E-state index is 13.9. The van der Waals surface area contributed by atoms with Crippen LogP contribution in [-0.4, -0.2) is 43.2 Å². The Morgan fingerprint density at radius 3 is 2.88 bits per heavy atom. The molecule has 1 amide bonds. The normalized spacial score (nSPS) is 16.7. The summed E-state index contributed by atoms with van der Waals surface area (Å²) in [5, 5.41) is 7.46. The third kappa shape index (κ3) is 3.26. The summed E-state index contributed by atoms with van der Waals surface area (Å²) < 4.78 is 21.7. The molecule has 0 N–H and O–H groups in total. The molecule has 132 valence electrons. The van der Waals surface area contributed by atoms with Crippen LogP contribution in [0.3, 0.4) is 0 Å². The predicted molar refractivity (Wildman–Crippen MR) is 89.8 cm³/mol. The van der Waals surface area contributed by atoms with E-state index in [1.165, 1.54) is 30.7 Å². The smallest absolute Gasteiger partial charge is 0.256 e. The molecule has 4 rings (SSSR count). The molecular formula is C18H16FN5O2. The first-order valence-corrected chi connectivity index (χ1v) is 8.18. The first kappa shape index (κ1) is 16.2. The van der Waals surface area contributed by atoms with E-state index in [0.717, 1.165) is 5.69 Å². The lowest BCUT2D eigenvalue weighted by Crippen LogP contribution is -2.39. The number of rotatable bonds is 3. The van der Waals surface area contributed by atoms with Crippen LogP contribution in [0.25, 0.3) is 0 Å². The van der Waals surface area contributed by atoms with Gasteiger partial charge in [0.05, 0.1) is 37.6 Å². The van der Waals surface area contributed by atoms with Gasteiger partial charge in [-0.1, -0.05) is 0 Å². The molecule has 1 unspecified atom stereocenters. The highest BCUT2D eigenvalue weighted by Crippen LogP contribution is 2.20. The topological polar surface area (TPSA) is 73.1 Å². The summed E-state index contributed by atoms with van der Waals surface area (Å²) in [6.45, 7) is 1.23. The Kier molecular flexibility index (Phi) is 4.30. The maximum Gasteiger partial charge on any atom is 0.256 e. The van der Waals surface area contributed by atoms with Crippen molar-refractivity contribution in [1.29, 1.82) is 0 Å². The molecule has 8 heteroatoms. The van der Waals surface area contributed by atoms with Crippen LogP contribution in [0.5, 0.6) is 5.88 Å². The highest BCUT2D eigenvalue weighted by Gasteiger charge is 2.27. The summed E-state index contributed by atoms with van der Waals surface area (Å²) in [5.74, 6) is -0.767. The van der Waals surface area contributed by atoms with Gasteiger partial charge in [0.25, 0.3) is 11.8 Å². The van der Waals surface area contributed by atoms with Crippen molar-refractivity contribution in [3.05, 3.63) is 72.2 Å². The third-order valence-corrected chi connectivity index (χ3v) is 4.22. The van der Waals surface area contributed by atoms with E-state index in [0.29, 0.717) is 25.2 Å². The molecule has 0 saturated carbocycles. The zero-order chi connectivity index (χ0) is 17.9. The number of ether oxygens (including phenoxy) is 1. The molecule has 0 fully saturated rings. The van der Waals surface area contributed by atoms with E-state index in [4.69, 9.17) is 4.74 Å². The van der Waals surface area contributed by atoms with Gasteiger partial charge in [-0.15, -0.1) is 0 Å². The molecule has 0 spiro atoms. The van der Waals surface area contributed by atoms with Gasteiger partial charge >= 0.3 is 0 Å². The van der Waals surface area contributed by atoms with Crippen LogP contribution in [0.15, 0.2) is 55.1 Å². The Morgan fingerprint density at radius 1 is 1.15 bits per heavy atom. The number of fused-ring (bicyclic) bond motifs is 1. The first-order chi connectivity index (χ1) is 12.7. The molecule has 4 heterocycles. The van der Waals surface area contributed by atoms with Crippen LogP contribution >= 0.6 is 0 Å². The summed E-state index contributed by atoms with van der Waals surface area (Å²) in [6.07, 6.45) is 5.86. The van der Waals surface area contributed by atoms with Crippen LogP contribution in [0.1, 0.15) is 16.1 Å². The Hall–Kier alpha value is -3.29. The molecule has 0 aromatic carbocycles. The molecule has 7 nitrogen and oxygen atoms in total. The third-order valence-electron chi connectivity index (χ3n) is 4.22. The summed E-state index contributed by atoms with van der Waals surface area (Å²) in [4.78, 5) is 18.5. The van der Waals surface area contributed by atoms with Crippen LogP contribution in [-0.2, 0) is 13.1 Å². The molecule has 1 atom stereocenters. The van der Waals surface area contributed by atoms with Crippen LogP contribution in [0, 0.1) is 5.82 Å². The highest BCUT2D eigenvalue weighted by molar-refractivity contribution is 5.93. The van der Waals surface area contributed by atoms with Crippen molar-refractivity contribution < 1.29 is 13.9 Å².